The monoisotopic (exact) mass is 242 g/mol. The molecule has 0 aliphatic rings. The number of hydrazine groups is 1. The van der Waals surface area contributed by atoms with Crippen LogP contribution < -0.4 is 11.3 Å². The van der Waals surface area contributed by atoms with Crippen molar-refractivity contribution in [3.05, 3.63) is 35.1 Å². The van der Waals surface area contributed by atoms with Gasteiger partial charge in [-0.25, -0.2) is 4.39 Å². The lowest BCUT2D eigenvalue weighted by atomic mass is 10.1. The zero-order chi connectivity index (χ0) is 12.0. The average molecular weight is 242 g/mol. The second kappa shape index (κ2) is 6.89. The summed E-state index contributed by atoms with van der Waals surface area (Å²) in [6.45, 7) is 3.92. The summed E-state index contributed by atoms with van der Waals surface area (Å²) in [5.41, 5.74) is 4.49. The van der Waals surface area contributed by atoms with E-state index < -0.39 is 0 Å². The minimum absolute atomic E-state index is 0.0934. The van der Waals surface area contributed by atoms with Gasteiger partial charge in [-0.1, -0.05) is 19.1 Å². The number of halogens is 1. The smallest absolute Gasteiger partial charge is 0.126 e. The Morgan fingerprint density at radius 1 is 1.50 bits per heavy atom. The van der Waals surface area contributed by atoms with Gasteiger partial charge in [0.25, 0.3) is 0 Å². The number of hydrogen-bond acceptors (Lipinski definition) is 3. The van der Waals surface area contributed by atoms with Gasteiger partial charge in [0.2, 0.25) is 0 Å². The van der Waals surface area contributed by atoms with Gasteiger partial charge in [-0.05, 0) is 36.3 Å². The van der Waals surface area contributed by atoms with Crippen LogP contribution in [0.4, 0.5) is 4.39 Å². The highest BCUT2D eigenvalue weighted by atomic mass is 32.2. The Morgan fingerprint density at radius 3 is 2.81 bits per heavy atom. The van der Waals surface area contributed by atoms with Crippen LogP contribution in [0.1, 0.15) is 30.5 Å². The number of nitrogens with one attached hydrogen (secondary N) is 1. The van der Waals surface area contributed by atoms with Crippen molar-refractivity contribution in [2.75, 3.05) is 11.5 Å². The second-order valence-corrected chi connectivity index (χ2v) is 4.95. The van der Waals surface area contributed by atoms with E-state index in [9.17, 15) is 4.39 Å². The summed E-state index contributed by atoms with van der Waals surface area (Å²) in [6, 6.07) is 5.24. The van der Waals surface area contributed by atoms with Gasteiger partial charge in [-0.15, -0.1) is 0 Å². The molecular weight excluding hydrogens is 223 g/mol. The molecule has 90 valence electrons. The van der Waals surface area contributed by atoms with Crippen molar-refractivity contribution in [1.82, 2.24) is 5.43 Å². The molecule has 4 heteroatoms. The fourth-order valence-electron chi connectivity index (χ4n) is 1.47. The Labute approximate surface area is 101 Å². The minimum Gasteiger partial charge on any atom is -0.271 e. The van der Waals surface area contributed by atoms with Crippen molar-refractivity contribution in [3.63, 3.8) is 0 Å². The van der Waals surface area contributed by atoms with E-state index in [2.05, 4.69) is 12.3 Å². The summed E-state index contributed by atoms with van der Waals surface area (Å²) in [5.74, 6) is 7.39. The first-order chi connectivity index (χ1) is 7.69. The van der Waals surface area contributed by atoms with E-state index in [1.54, 1.807) is 13.0 Å². The molecule has 0 aliphatic carbocycles. The predicted octanol–water partition coefficient (Wildman–Crippen LogP) is 2.78. The fourth-order valence-corrected chi connectivity index (χ4v) is 2.45. The van der Waals surface area contributed by atoms with Crippen molar-refractivity contribution >= 4 is 11.8 Å². The first-order valence-corrected chi connectivity index (χ1v) is 6.64. The third kappa shape index (κ3) is 3.77. The van der Waals surface area contributed by atoms with Crippen LogP contribution in [0.15, 0.2) is 18.2 Å². The molecule has 0 saturated carbocycles. The zero-order valence-electron chi connectivity index (χ0n) is 9.79. The molecule has 1 atom stereocenters. The molecule has 0 spiro atoms. The summed E-state index contributed by atoms with van der Waals surface area (Å²) in [7, 11) is 0. The van der Waals surface area contributed by atoms with E-state index >= 15 is 0 Å². The van der Waals surface area contributed by atoms with Crippen molar-refractivity contribution < 1.29 is 4.39 Å². The van der Waals surface area contributed by atoms with Gasteiger partial charge < -0.3 is 0 Å². The first-order valence-electron chi connectivity index (χ1n) is 5.49. The van der Waals surface area contributed by atoms with E-state index in [-0.39, 0.29) is 11.9 Å². The molecule has 2 nitrogen and oxygen atoms in total. The first kappa shape index (κ1) is 13.5. The van der Waals surface area contributed by atoms with Crippen LogP contribution in [-0.4, -0.2) is 11.5 Å². The maximum absolute atomic E-state index is 13.1. The molecule has 0 aliphatic heterocycles. The SMILES string of the molecule is CCCSCC(NN)c1ccc(F)c(C)c1. The van der Waals surface area contributed by atoms with Gasteiger partial charge >= 0.3 is 0 Å². The molecule has 16 heavy (non-hydrogen) atoms. The largest absolute Gasteiger partial charge is 0.271 e. The Bertz CT molecular complexity index is 331. The highest BCUT2D eigenvalue weighted by molar-refractivity contribution is 7.99. The minimum atomic E-state index is -0.166. The molecule has 3 N–H and O–H groups in total. The topological polar surface area (TPSA) is 38.0 Å². The molecule has 0 radical (unpaired) electrons. The highest BCUT2D eigenvalue weighted by Gasteiger charge is 2.10. The van der Waals surface area contributed by atoms with E-state index in [0.717, 1.165) is 23.5 Å². The number of rotatable bonds is 6. The van der Waals surface area contributed by atoms with Crippen LogP contribution >= 0.6 is 11.8 Å². The Kier molecular flexibility index (Phi) is 5.80. The number of aryl methyl sites for hydroxylation is 1. The van der Waals surface area contributed by atoms with Crippen LogP contribution in [-0.2, 0) is 0 Å². The highest BCUT2D eigenvalue weighted by Crippen LogP contribution is 2.20. The molecule has 1 aromatic rings. The Hall–Kier alpha value is -0.580. The van der Waals surface area contributed by atoms with Gasteiger partial charge in [-0.2, -0.15) is 11.8 Å². The molecule has 0 fully saturated rings. The van der Waals surface area contributed by atoms with E-state index in [1.165, 1.54) is 6.07 Å². The van der Waals surface area contributed by atoms with E-state index in [4.69, 9.17) is 5.84 Å². The molecule has 0 heterocycles. The van der Waals surface area contributed by atoms with Crippen LogP contribution in [0.2, 0.25) is 0 Å². The number of nitrogens with two attached hydrogens (primary N) is 1. The normalized spacial score (nSPS) is 12.8. The summed E-state index contributed by atoms with van der Waals surface area (Å²) in [5, 5.41) is 0. The summed E-state index contributed by atoms with van der Waals surface area (Å²) < 4.78 is 13.1. The number of benzene rings is 1. The van der Waals surface area contributed by atoms with Crippen LogP contribution in [0.5, 0.6) is 0 Å². The van der Waals surface area contributed by atoms with Gasteiger partial charge in [0.15, 0.2) is 0 Å². The molecular formula is C12H19FN2S. The lowest BCUT2D eigenvalue weighted by Crippen LogP contribution is -2.29. The lowest BCUT2D eigenvalue weighted by molar-refractivity contribution is 0.596. The van der Waals surface area contributed by atoms with Crippen molar-refractivity contribution in [2.45, 2.75) is 26.3 Å². The van der Waals surface area contributed by atoms with Crippen molar-refractivity contribution in [3.8, 4) is 0 Å². The standard InChI is InChI=1S/C12H19FN2S/c1-3-6-16-8-12(15-14)10-4-5-11(13)9(2)7-10/h4-5,7,12,15H,3,6,8,14H2,1-2H3. The maximum Gasteiger partial charge on any atom is 0.126 e. The summed E-state index contributed by atoms with van der Waals surface area (Å²) in [6.07, 6.45) is 1.16. The fraction of sp³-hybridized carbons (Fsp3) is 0.500. The second-order valence-electron chi connectivity index (χ2n) is 3.80. The van der Waals surface area contributed by atoms with Gasteiger partial charge in [0.05, 0.1) is 6.04 Å². The Balaban J connectivity index is 2.67. The Morgan fingerprint density at radius 2 is 2.25 bits per heavy atom. The summed E-state index contributed by atoms with van der Waals surface area (Å²) >= 11 is 1.85. The van der Waals surface area contributed by atoms with Crippen LogP contribution in [0.3, 0.4) is 0 Å². The van der Waals surface area contributed by atoms with Gasteiger partial charge in [0.1, 0.15) is 5.82 Å². The molecule has 1 aromatic carbocycles. The summed E-state index contributed by atoms with van der Waals surface area (Å²) in [4.78, 5) is 0. The molecule has 1 unspecified atom stereocenters. The van der Waals surface area contributed by atoms with Gasteiger partial charge in [-0.3, -0.25) is 11.3 Å². The zero-order valence-corrected chi connectivity index (χ0v) is 10.6. The van der Waals surface area contributed by atoms with E-state index in [1.807, 2.05) is 17.8 Å². The molecule has 0 saturated heterocycles. The molecule has 0 amide bonds. The van der Waals surface area contributed by atoms with Gasteiger partial charge in [0, 0.05) is 5.75 Å². The maximum atomic E-state index is 13.1. The van der Waals surface area contributed by atoms with Crippen LogP contribution in [0, 0.1) is 12.7 Å². The average Bonchev–Trinajstić information content (AvgIpc) is 2.29. The molecule has 0 aromatic heterocycles. The van der Waals surface area contributed by atoms with Crippen LogP contribution in [0.25, 0.3) is 0 Å². The lowest BCUT2D eigenvalue weighted by Gasteiger charge is -2.16. The van der Waals surface area contributed by atoms with Crippen molar-refractivity contribution in [2.24, 2.45) is 5.84 Å². The van der Waals surface area contributed by atoms with E-state index in [0.29, 0.717) is 5.56 Å². The quantitative estimate of drug-likeness (QED) is 0.457. The third-order valence-corrected chi connectivity index (χ3v) is 3.68. The molecule has 1 rings (SSSR count). The molecule has 0 bridgehead atoms. The van der Waals surface area contributed by atoms with Crippen molar-refractivity contribution in [1.29, 1.82) is 0 Å². The predicted molar refractivity (Wildman–Crippen MR) is 68.8 cm³/mol. The third-order valence-electron chi connectivity index (χ3n) is 2.42. The number of thioether (sulfide) groups is 1. The number of hydrogen-bond donors (Lipinski definition) is 2.